The molecule has 0 aliphatic heterocycles. The number of hydrogen-bond donors (Lipinski definition) is 2. The van der Waals surface area contributed by atoms with E-state index in [9.17, 15) is 17.6 Å². The Morgan fingerprint density at radius 1 is 1.29 bits per heavy atom. The molecule has 0 aliphatic rings. The molecule has 1 aromatic rings. The summed E-state index contributed by atoms with van der Waals surface area (Å²) in [4.78, 5) is 0. The van der Waals surface area contributed by atoms with Gasteiger partial charge in [-0.1, -0.05) is 6.07 Å². The zero-order chi connectivity index (χ0) is 12.5. The van der Waals surface area contributed by atoms with Crippen molar-refractivity contribution in [3.05, 3.63) is 34.1 Å². The van der Waals surface area contributed by atoms with Crippen LogP contribution in [-0.2, 0) is 0 Å². The number of rotatable bonds is 2. The van der Waals surface area contributed by atoms with Gasteiger partial charge in [0.15, 0.2) is 6.10 Å². The van der Waals surface area contributed by atoms with Gasteiger partial charge in [0.2, 0.25) is 0 Å². The van der Waals surface area contributed by atoms with Crippen LogP contribution in [0.5, 0.6) is 0 Å². The summed E-state index contributed by atoms with van der Waals surface area (Å²) in [6, 6.07) is 1.59. The van der Waals surface area contributed by atoms with Crippen molar-refractivity contribution in [3.8, 4) is 0 Å². The maximum absolute atomic E-state index is 13.0. The fourth-order valence-electron chi connectivity index (χ4n) is 1.11. The standard InChI is InChI=1S/C9H8BrF4NO.ClH/c10-5-2-1-4(3-6(5)11)7(15)8(16)9(12,13)14;/h1-3,7-8,16H,15H2;1H/t7-,8-;/m0./s1. The van der Waals surface area contributed by atoms with Crippen molar-refractivity contribution in [1.82, 2.24) is 0 Å². The lowest BCUT2D eigenvalue weighted by Crippen LogP contribution is -2.38. The fraction of sp³-hybridized carbons (Fsp3) is 0.333. The first kappa shape index (κ1) is 16.6. The maximum atomic E-state index is 13.0. The second-order valence-electron chi connectivity index (χ2n) is 3.19. The van der Waals surface area contributed by atoms with Gasteiger partial charge in [-0.3, -0.25) is 0 Å². The van der Waals surface area contributed by atoms with E-state index in [-0.39, 0.29) is 22.4 Å². The minimum Gasteiger partial charge on any atom is -0.382 e. The van der Waals surface area contributed by atoms with Crippen molar-refractivity contribution in [2.75, 3.05) is 0 Å². The highest BCUT2D eigenvalue weighted by molar-refractivity contribution is 9.10. The molecule has 0 aliphatic carbocycles. The van der Waals surface area contributed by atoms with E-state index in [0.717, 1.165) is 6.07 Å². The average Bonchev–Trinajstić information content (AvgIpc) is 2.18. The maximum Gasteiger partial charge on any atom is 0.416 e. The van der Waals surface area contributed by atoms with Gasteiger partial charge in [0.25, 0.3) is 0 Å². The highest BCUT2D eigenvalue weighted by Gasteiger charge is 2.42. The topological polar surface area (TPSA) is 46.2 Å². The van der Waals surface area contributed by atoms with Crippen LogP contribution in [0.25, 0.3) is 0 Å². The van der Waals surface area contributed by atoms with Gasteiger partial charge in [-0.2, -0.15) is 13.2 Å². The summed E-state index contributed by atoms with van der Waals surface area (Å²) < 4.78 is 49.5. The van der Waals surface area contributed by atoms with Crippen LogP contribution in [0.3, 0.4) is 0 Å². The zero-order valence-electron chi connectivity index (χ0n) is 8.21. The monoisotopic (exact) mass is 337 g/mol. The first-order valence-electron chi connectivity index (χ1n) is 4.19. The van der Waals surface area contributed by atoms with E-state index < -0.39 is 24.1 Å². The van der Waals surface area contributed by atoms with Gasteiger partial charge in [-0.15, -0.1) is 12.4 Å². The Bertz CT molecular complexity index is 388. The van der Waals surface area contributed by atoms with Crippen LogP contribution < -0.4 is 5.73 Å². The highest BCUT2D eigenvalue weighted by atomic mass is 79.9. The van der Waals surface area contributed by atoms with Crippen molar-refractivity contribution >= 4 is 28.3 Å². The molecule has 3 N–H and O–H groups in total. The highest BCUT2D eigenvalue weighted by Crippen LogP contribution is 2.29. The summed E-state index contributed by atoms with van der Waals surface area (Å²) >= 11 is 2.85. The molecule has 0 heterocycles. The summed E-state index contributed by atoms with van der Waals surface area (Å²) in [7, 11) is 0. The average molecular weight is 339 g/mol. The number of halogens is 6. The van der Waals surface area contributed by atoms with Gasteiger partial charge >= 0.3 is 6.18 Å². The van der Waals surface area contributed by atoms with E-state index in [0.29, 0.717) is 0 Å². The molecular weight excluding hydrogens is 329 g/mol. The quantitative estimate of drug-likeness (QED) is 0.815. The third kappa shape index (κ3) is 4.09. The predicted octanol–water partition coefficient (Wildman–Crippen LogP) is 2.93. The van der Waals surface area contributed by atoms with Crippen molar-refractivity contribution in [2.45, 2.75) is 18.3 Å². The molecule has 98 valence electrons. The molecule has 0 saturated carbocycles. The molecule has 17 heavy (non-hydrogen) atoms. The van der Waals surface area contributed by atoms with Crippen molar-refractivity contribution < 1.29 is 22.7 Å². The van der Waals surface area contributed by atoms with Gasteiger partial charge in [-0.25, -0.2) is 4.39 Å². The molecule has 0 aromatic heterocycles. The van der Waals surface area contributed by atoms with Gasteiger partial charge in [0.05, 0.1) is 10.5 Å². The van der Waals surface area contributed by atoms with Crippen LogP contribution in [0.4, 0.5) is 17.6 Å². The Morgan fingerprint density at radius 2 is 1.82 bits per heavy atom. The van der Waals surface area contributed by atoms with Crippen LogP contribution in [0, 0.1) is 5.82 Å². The second-order valence-corrected chi connectivity index (χ2v) is 4.04. The molecule has 1 aromatic carbocycles. The molecule has 0 spiro atoms. The van der Waals surface area contributed by atoms with Crippen LogP contribution in [0.15, 0.2) is 22.7 Å². The van der Waals surface area contributed by atoms with Crippen molar-refractivity contribution in [3.63, 3.8) is 0 Å². The summed E-state index contributed by atoms with van der Waals surface area (Å²) in [5, 5.41) is 8.88. The summed E-state index contributed by atoms with van der Waals surface area (Å²) in [6.07, 6.45) is -7.55. The molecule has 1 rings (SSSR count). The van der Waals surface area contributed by atoms with Crippen LogP contribution in [0.2, 0.25) is 0 Å². The van der Waals surface area contributed by atoms with E-state index in [1.165, 1.54) is 12.1 Å². The van der Waals surface area contributed by atoms with Gasteiger partial charge in [0.1, 0.15) is 5.82 Å². The van der Waals surface area contributed by atoms with Gasteiger partial charge in [0, 0.05) is 0 Å². The van der Waals surface area contributed by atoms with Crippen LogP contribution >= 0.6 is 28.3 Å². The number of nitrogens with two attached hydrogens (primary N) is 1. The first-order valence-corrected chi connectivity index (χ1v) is 4.98. The summed E-state index contributed by atoms with van der Waals surface area (Å²) in [6.45, 7) is 0. The number of hydrogen-bond acceptors (Lipinski definition) is 2. The molecule has 0 radical (unpaired) electrons. The third-order valence-electron chi connectivity index (χ3n) is 2.00. The Kier molecular flexibility index (Phi) is 5.86. The molecule has 2 nitrogen and oxygen atoms in total. The van der Waals surface area contributed by atoms with E-state index in [1.54, 1.807) is 0 Å². The lowest BCUT2D eigenvalue weighted by atomic mass is 10.0. The second kappa shape index (κ2) is 5.99. The van der Waals surface area contributed by atoms with Crippen molar-refractivity contribution in [1.29, 1.82) is 0 Å². The molecule has 2 atom stereocenters. The first-order chi connectivity index (χ1) is 7.23. The molecule has 0 saturated heterocycles. The Morgan fingerprint density at radius 3 is 2.24 bits per heavy atom. The zero-order valence-corrected chi connectivity index (χ0v) is 10.6. The fourth-order valence-corrected chi connectivity index (χ4v) is 1.35. The summed E-state index contributed by atoms with van der Waals surface area (Å²) in [5.74, 6) is -0.734. The number of alkyl halides is 3. The molecule has 0 bridgehead atoms. The summed E-state index contributed by atoms with van der Waals surface area (Å²) in [5.41, 5.74) is 5.07. The third-order valence-corrected chi connectivity index (χ3v) is 2.65. The molecule has 0 fully saturated rings. The van der Waals surface area contributed by atoms with E-state index in [1.807, 2.05) is 0 Å². The van der Waals surface area contributed by atoms with E-state index in [2.05, 4.69) is 15.9 Å². The van der Waals surface area contributed by atoms with Crippen molar-refractivity contribution in [2.24, 2.45) is 5.73 Å². The van der Waals surface area contributed by atoms with Gasteiger partial charge < -0.3 is 10.8 Å². The molecular formula is C9H9BrClF4NO. The number of benzene rings is 1. The SMILES string of the molecule is Cl.N[C@@H](c1ccc(Br)c(F)c1)[C@H](O)C(F)(F)F. The minimum atomic E-state index is -4.83. The largest absolute Gasteiger partial charge is 0.416 e. The Hall–Kier alpha value is -0.370. The molecule has 8 heteroatoms. The smallest absolute Gasteiger partial charge is 0.382 e. The predicted molar refractivity (Wildman–Crippen MR) is 60.3 cm³/mol. The van der Waals surface area contributed by atoms with Crippen LogP contribution in [0.1, 0.15) is 11.6 Å². The van der Waals surface area contributed by atoms with E-state index in [4.69, 9.17) is 10.8 Å². The lowest BCUT2D eigenvalue weighted by Gasteiger charge is -2.21. The number of aliphatic hydroxyl groups is 1. The molecule has 0 amide bonds. The van der Waals surface area contributed by atoms with E-state index >= 15 is 0 Å². The Labute approximate surface area is 109 Å². The van der Waals surface area contributed by atoms with Crippen LogP contribution in [-0.4, -0.2) is 17.4 Å². The lowest BCUT2D eigenvalue weighted by molar-refractivity contribution is -0.210. The Balaban J connectivity index is 0.00000256. The normalized spacial score (nSPS) is 15.0. The molecule has 0 unspecified atom stereocenters. The number of aliphatic hydroxyl groups excluding tert-OH is 1. The minimum absolute atomic E-state index is 0. The van der Waals surface area contributed by atoms with Gasteiger partial charge in [-0.05, 0) is 33.6 Å².